The van der Waals surface area contributed by atoms with Crippen LogP contribution in [0.2, 0.25) is 0 Å². The molecule has 0 saturated carbocycles. The van der Waals surface area contributed by atoms with E-state index in [-0.39, 0.29) is 6.61 Å². The summed E-state index contributed by atoms with van der Waals surface area (Å²) in [5, 5.41) is 6.24. The lowest BCUT2D eigenvalue weighted by atomic mass is 10.2. The number of hydrogen-bond acceptors (Lipinski definition) is 7. The summed E-state index contributed by atoms with van der Waals surface area (Å²) in [6, 6.07) is 3.98. The van der Waals surface area contributed by atoms with Gasteiger partial charge in [0.1, 0.15) is 5.56 Å². The molecule has 24 heavy (non-hydrogen) atoms. The number of aryl methyl sites for hydroxylation is 1. The maximum atomic E-state index is 11.9. The van der Waals surface area contributed by atoms with Crippen molar-refractivity contribution in [1.29, 1.82) is 0 Å². The monoisotopic (exact) mass is 344 g/mol. The minimum Gasteiger partial charge on any atom is -0.465 e. The Labute approximate surface area is 142 Å². The Balaban J connectivity index is 2.11. The quantitative estimate of drug-likeness (QED) is 0.662. The van der Waals surface area contributed by atoms with Crippen LogP contribution in [-0.4, -0.2) is 39.9 Å². The van der Waals surface area contributed by atoms with Crippen LogP contribution in [-0.2, 0) is 16.1 Å². The van der Waals surface area contributed by atoms with E-state index in [1.54, 1.807) is 24.6 Å². The standard InChI is InChI=1S/C16H16N4O3S/c1-10-7-17-16(19-14(10)13-5-4-6-24-13)20-12(9-22-2)11(8-18-20)15(21)23-3/h4-8H,9H2,1-3H3. The van der Waals surface area contributed by atoms with Crippen LogP contribution in [0.25, 0.3) is 16.5 Å². The molecular weight excluding hydrogens is 328 g/mol. The Morgan fingerprint density at radius 2 is 2.17 bits per heavy atom. The molecule has 124 valence electrons. The zero-order chi connectivity index (χ0) is 17.1. The second-order valence-corrected chi connectivity index (χ2v) is 5.97. The van der Waals surface area contributed by atoms with E-state index in [9.17, 15) is 4.79 Å². The first-order valence-electron chi connectivity index (χ1n) is 7.17. The van der Waals surface area contributed by atoms with Crippen LogP contribution in [0.1, 0.15) is 21.6 Å². The average molecular weight is 344 g/mol. The van der Waals surface area contributed by atoms with E-state index in [1.165, 1.54) is 18.0 Å². The summed E-state index contributed by atoms with van der Waals surface area (Å²) in [6.45, 7) is 2.15. The second-order valence-electron chi connectivity index (χ2n) is 5.02. The number of rotatable bonds is 5. The van der Waals surface area contributed by atoms with Crippen LogP contribution < -0.4 is 0 Å². The molecule has 0 unspecified atom stereocenters. The normalized spacial score (nSPS) is 10.8. The van der Waals surface area contributed by atoms with Gasteiger partial charge >= 0.3 is 5.97 Å². The van der Waals surface area contributed by atoms with E-state index in [1.807, 2.05) is 24.4 Å². The highest BCUT2D eigenvalue weighted by atomic mass is 32.1. The first kappa shape index (κ1) is 16.3. The average Bonchev–Trinajstić information content (AvgIpc) is 3.25. The largest absolute Gasteiger partial charge is 0.465 e. The number of ether oxygens (including phenoxy) is 2. The summed E-state index contributed by atoms with van der Waals surface area (Å²) in [5.74, 6) is -0.0925. The van der Waals surface area contributed by atoms with E-state index in [4.69, 9.17) is 9.47 Å². The molecule has 0 saturated heterocycles. The molecule has 8 heteroatoms. The van der Waals surface area contributed by atoms with Crippen molar-refractivity contribution in [2.24, 2.45) is 0 Å². The number of carbonyl (C=O) groups excluding carboxylic acids is 1. The molecule has 3 heterocycles. The summed E-state index contributed by atoms with van der Waals surface area (Å²) >= 11 is 1.60. The van der Waals surface area contributed by atoms with Gasteiger partial charge in [-0.15, -0.1) is 11.3 Å². The van der Waals surface area contributed by atoms with Crippen molar-refractivity contribution in [3.8, 4) is 16.5 Å². The predicted molar refractivity (Wildman–Crippen MR) is 89.3 cm³/mol. The lowest BCUT2D eigenvalue weighted by Gasteiger charge is -2.09. The highest BCUT2D eigenvalue weighted by molar-refractivity contribution is 7.13. The smallest absolute Gasteiger partial charge is 0.341 e. The zero-order valence-electron chi connectivity index (χ0n) is 13.5. The highest BCUT2D eigenvalue weighted by Gasteiger charge is 2.21. The Hall–Kier alpha value is -2.58. The summed E-state index contributed by atoms with van der Waals surface area (Å²) < 4.78 is 11.5. The third-order valence-electron chi connectivity index (χ3n) is 3.46. The molecule has 0 radical (unpaired) electrons. The second kappa shape index (κ2) is 6.90. The van der Waals surface area contributed by atoms with Crippen molar-refractivity contribution in [3.05, 3.63) is 46.7 Å². The number of nitrogens with zero attached hydrogens (tertiary/aromatic N) is 4. The maximum Gasteiger partial charge on any atom is 0.341 e. The van der Waals surface area contributed by atoms with Crippen LogP contribution in [0.15, 0.2) is 29.9 Å². The van der Waals surface area contributed by atoms with Gasteiger partial charge in [-0.3, -0.25) is 0 Å². The van der Waals surface area contributed by atoms with E-state index >= 15 is 0 Å². The van der Waals surface area contributed by atoms with Crippen molar-refractivity contribution in [2.45, 2.75) is 13.5 Å². The van der Waals surface area contributed by atoms with Gasteiger partial charge in [0.15, 0.2) is 0 Å². The Bertz CT molecular complexity index is 858. The van der Waals surface area contributed by atoms with Crippen LogP contribution in [0.4, 0.5) is 0 Å². The number of aromatic nitrogens is 4. The minimum absolute atomic E-state index is 0.190. The molecule has 0 aliphatic heterocycles. The molecule has 0 aliphatic rings. The molecule has 3 aromatic heterocycles. The van der Waals surface area contributed by atoms with Gasteiger partial charge in [0.05, 0.1) is 36.2 Å². The minimum atomic E-state index is -0.473. The fourth-order valence-electron chi connectivity index (χ4n) is 2.30. The molecular formula is C16H16N4O3S. The number of thiophene rings is 1. The molecule has 0 bridgehead atoms. The highest BCUT2D eigenvalue weighted by Crippen LogP contribution is 2.26. The van der Waals surface area contributed by atoms with Crippen molar-refractivity contribution >= 4 is 17.3 Å². The van der Waals surface area contributed by atoms with Gasteiger partial charge in [0, 0.05) is 13.3 Å². The van der Waals surface area contributed by atoms with Gasteiger partial charge in [-0.05, 0) is 23.9 Å². The number of carbonyl (C=O) groups is 1. The first-order chi connectivity index (χ1) is 11.7. The van der Waals surface area contributed by atoms with Crippen LogP contribution >= 0.6 is 11.3 Å². The van der Waals surface area contributed by atoms with Crippen molar-refractivity contribution < 1.29 is 14.3 Å². The lowest BCUT2D eigenvalue weighted by Crippen LogP contribution is -2.12. The zero-order valence-corrected chi connectivity index (χ0v) is 14.3. The van der Waals surface area contributed by atoms with Crippen molar-refractivity contribution in [1.82, 2.24) is 19.7 Å². The van der Waals surface area contributed by atoms with E-state index in [0.29, 0.717) is 17.2 Å². The summed E-state index contributed by atoms with van der Waals surface area (Å²) in [4.78, 5) is 21.9. The van der Waals surface area contributed by atoms with Gasteiger partial charge < -0.3 is 9.47 Å². The molecule has 0 aromatic carbocycles. The Morgan fingerprint density at radius 1 is 1.33 bits per heavy atom. The molecule has 0 aliphatic carbocycles. The molecule has 7 nitrogen and oxygen atoms in total. The molecule has 0 N–H and O–H groups in total. The lowest BCUT2D eigenvalue weighted by molar-refractivity contribution is 0.0595. The first-order valence-corrected chi connectivity index (χ1v) is 8.05. The van der Waals surface area contributed by atoms with Crippen molar-refractivity contribution in [2.75, 3.05) is 14.2 Å². The molecule has 3 rings (SSSR count). The van der Waals surface area contributed by atoms with Crippen LogP contribution in [0, 0.1) is 6.92 Å². The Kier molecular flexibility index (Phi) is 4.68. The van der Waals surface area contributed by atoms with Gasteiger partial charge in [0.25, 0.3) is 5.95 Å². The fourth-order valence-corrected chi connectivity index (χ4v) is 3.08. The SMILES string of the molecule is COCc1c(C(=O)OC)cnn1-c1ncc(C)c(-c2cccs2)n1. The van der Waals surface area contributed by atoms with Crippen LogP contribution in [0.3, 0.4) is 0 Å². The number of esters is 1. The molecule has 0 spiro atoms. The maximum absolute atomic E-state index is 11.9. The van der Waals surface area contributed by atoms with E-state index in [0.717, 1.165) is 16.1 Å². The van der Waals surface area contributed by atoms with E-state index < -0.39 is 5.97 Å². The van der Waals surface area contributed by atoms with Gasteiger partial charge in [-0.2, -0.15) is 9.78 Å². The predicted octanol–water partition coefficient (Wildman–Crippen LogP) is 2.63. The van der Waals surface area contributed by atoms with Gasteiger partial charge in [-0.1, -0.05) is 6.07 Å². The van der Waals surface area contributed by atoms with Gasteiger partial charge in [-0.25, -0.2) is 14.8 Å². The topological polar surface area (TPSA) is 79.1 Å². The fraction of sp³-hybridized carbons (Fsp3) is 0.250. The molecule has 3 aromatic rings. The van der Waals surface area contributed by atoms with Gasteiger partial charge in [0.2, 0.25) is 0 Å². The van der Waals surface area contributed by atoms with Crippen molar-refractivity contribution in [3.63, 3.8) is 0 Å². The third kappa shape index (κ3) is 2.93. The molecule has 0 fully saturated rings. The summed E-state index contributed by atoms with van der Waals surface area (Å²) in [6.07, 6.45) is 3.18. The molecule has 0 amide bonds. The summed E-state index contributed by atoms with van der Waals surface area (Å²) in [5.41, 5.74) is 2.69. The van der Waals surface area contributed by atoms with E-state index in [2.05, 4.69) is 15.1 Å². The van der Waals surface area contributed by atoms with Crippen LogP contribution in [0.5, 0.6) is 0 Å². The number of hydrogen-bond donors (Lipinski definition) is 0. The number of methoxy groups -OCH3 is 2. The summed E-state index contributed by atoms with van der Waals surface area (Å²) in [7, 11) is 2.87. The Morgan fingerprint density at radius 3 is 2.83 bits per heavy atom. The third-order valence-corrected chi connectivity index (χ3v) is 4.33. The molecule has 0 atom stereocenters.